The first-order chi connectivity index (χ1) is 16.4. The number of anilines is 1. The highest BCUT2D eigenvalue weighted by Gasteiger charge is 2.55. The highest BCUT2D eigenvalue weighted by molar-refractivity contribution is 5.75. The van der Waals surface area contributed by atoms with E-state index < -0.39 is 11.4 Å². The molecule has 0 aliphatic heterocycles. The molecule has 3 aromatic carbocycles. The van der Waals surface area contributed by atoms with Crippen LogP contribution in [0, 0.1) is 11.3 Å². The van der Waals surface area contributed by atoms with Crippen molar-refractivity contribution in [1.29, 1.82) is 0 Å². The number of aryl methyl sites for hydroxylation is 1. The lowest BCUT2D eigenvalue weighted by Crippen LogP contribution is -2.52. The van der Waals surface area contributed by atoms with Crippen LogP contribution < -0.4 is 4.90 Å². The maximum Gasteiger partial charge on any atom is 0.309 e. The van der Waals surface area contributed by atoms with Gasteiger partial charge in [-0.25, -0.2) is 0 Å². The van der Waals surface area contributed by atoms with Crippen molar-refractivity contribution in [2.24, 2.45) is 11.3 Å². The van der Waals surface area contributed by atoms with Crippen LogP contribution >= 0.6 is 0 Å². The van der Waals surface area contributed by atoms with Crippen molar-refractivity contribution in [1.82, 2.24) is 0 Å². The van der Waals surface area contributed by atoms with E-state index in [0.29, 0.717) is 0 Å². The van der Waals surface area contributed by atoms with Crippen molar-refractivity contribution < 1.29 is 9.90 Å². The van der Waals surface area contributed by atoms with Gasteiger partial charge in [-0.15, -0.1) is 0 Å². The molecule has 176 valence electrons. The van der Waals surface area contributed by atoms with Crippen molar-refractivity contribution in [2.75, 3.05) is 4.90 Å². The molecule has 2 aliphatic carbocycles. The Bertz CT molecular complexity index is 1120. The van der Waals surface area contributed by atoms with E-state index in [0.717, 1.165) is 45.2 Å². The fourth-order valence-electron chi connectivity index (χ4n) is 6.75. The summed E-state index contributed by atoms with van der Waals surface area (Å²) in [5, 5.41) is 10.2. The Kier molecular flexibility index (Phi) is 5.97. The molecule has 1 saturated carbocycles. The van der Waals surface area contributed by atoms with E-state index >= 15 is 0 Å². The minimum atomic E-state index is -0.644. The number of aliphatic carboxylic acids is 1. The molecule has 5 rings (SSSR count). The number of fused-ring (bicyclic) bond motifs is 3. The van der Waals surface area contributed by atoms with Gasteiger partial charge in [0.2, 0.25) is 0 Å². The molecule has 34 heavy (non-hydrogen) atoms. The monoisotopic (exact) mass is 453 g/mol. The Balaban J connectivity index is 1.54. The highest BCUT2D eigenvalue weighted by Crippen LogP contribution is 2.57. The molecule has 0 heterocycles. The number of nitrogens with zero attached hydrogens (tertiary/aromatic N) is 1. The second-order valence-electron chi connectivity index (χ2n) is 10.8. The van der Waals surface area contributed by atoms with Crippen molar-refractivity contribution in [3.8, 4) is 0 Å². The second kappa shape index (κ2) is 8.94. The summed E-state index contributed by atoms with van der Waals surface area (Å²) < 4.78 is 0. The van der Waals surface area contributed by atoms with Crippen LogP contribution in [-0.2, 0) is 29.7 Å². The maximum absolute atomic E-state index is 12.4. The number of hydrogen-bond acceptors (Lipinski definition) is 2. The first kappa shape index (κ1) is 22.7. The number of rotatable bonds is 6. The van der Waals surface area contributed by atoms with Crippen LogP contribution in [0.25, 0.3) is 0 Å². The molecule has 0 radical (unpaired) electrons. The molecular weight excluding hydrogens is 418 g/mol. The van der Waals surface area contributed by atoms with E-state index in [1.807, 2.05) is 6.92 Å². The Morgan fingerprint density at radius 1 is 0.912 bits per heavy atom. The minimum Gasteiger partial charge on any atom is -0.481 e. The zero-order valence-corrected chi connectivity index (χ0v) is 20.3. The molecule has 1 N–H and O–H groups in total. The summed E-state index contributed by atoms with van der Waals surface area (Å²) in [6, 6.07) is 28.2. The standard InChI is InChI=1S/C31H35NO2/c1-30-18-9-19-31(2,29(33)34)28(30)17-15-25-14-16-26(20-27(25)30)32(21-23-10-5-3-6-11-23)22-24-12-7-4-8-13-24/h3-8,10-14,16,20,28H,9,15,17-19,21-22H2,1-2H3,(H,33,34)/t28-,30-,31+/m1/s1. The molecule has 0 amide bonds. The highest BCUT2D eigenvalue weighted by atomic mass is 16.4. The lowest BCUT2D eigenvalue weighted by atomic mass is 9.50. The van der Waals surface area contributed by atoms with Gasteiger partial charge in [0.25, 0.3) is 0 Å². The summed E-state index contributed by atoms with van der Waals surface area (Å²) in [6.45, 7) is 5.99. The van der Waals surface area contributed by atoms with Gasteiger partial charge in [-0.3, -0.25) is 4.79 Å². The molecule has 0 saturated heterocycles. The number of carboxylic acids is 1. The van der Waals surface area contributed by atoms with Gasteiger partial charge in [0.15, 0.2) is 0 Å². The lowest BCUT2D eigenvalue weighted by molar-refractivity contribution is -0.157. The average molecular weight is 454 g/mol. The molecule has 3 nitrogen and oxygen atoms in total. The largest absolute Gasteiger partial charge is 0.481 e. The maximum atomic E-state index is 12.4. The molecule has 2 aliphatic rings. The fraction of sp³-hybridized carbons (Fsp3) is 0.387. The lowest BCUT2D eigenvalue weighted by Gasteiger charge is -2.53. The topological polar surface area (TPSA) is 40.5 Å². The Morgan fingerprint density at radius 3 is 2.12 bits per heavy atom. The zero-order valence-electron chi connectivity index (χ0n) is 20.3. The van der Waals surface area contributed by atoms with Crippen molar-refractivity contribution in [3.63, 3.8) is 0 Å². The molecule has 0 unspecified atom stereocenters. The molecule has 0 aromatic heterocycles. The van der Waals surface area contributed by atoms with Crippen LogP contribution in [0.2, 0.25) is 0 Å². The van der Waals surface area contributed by atoms with E-state index in [1.165, 1.54) is 27.9 Å². The van der Waals surface area contributed by atoms with Gasteiger partial charge >= 0.3 is 5.97 Å². The van der Waals surface area contributed by atoms with Gasteiger partial charge in [-0.2, -0.15) is 0 Å². The Morgan fingerprint density at radius 2 is 1.53 bits per heavy atom. The number of carbonyl (C=O) groups is 1. The SMILES string of the molecule is C[C@]1(C(=O)O)CCC[C@]2(C)c3cc(N(Cc4ccccc4)Cc4ccccc4)ccc3CC[C@@H]12. The van der Waals surface area contributed by atoms with Crippen LogP contribution in [-0.4, -0.2) is 11.1 Å². The molecule has 0 spiro atoms. The Hall–Kier alpha value is -3.07. The van der Waals surface area contributed by atoms with Crippen molar-refractivity contribution >= 4 is 11.7 Å². The third-order valence-corrected chi connectivity index (χ3v) is 8.63. The van der Waals surface area contributed by atoms with Crippen molar-refractivity contribution in [3.05, 3.63) is 101 Å². The zero-order chi connectivity index (χ0) is 23.8. The number of benzene rings is 3. The summed E-state index contributed by atoms with van der Waals surface area (Å²) in [5.41, 5.74) is 5.83. The summed E-state index contributed by atoms with van der Waals surface area (Å²) in [7, 11) is 0. The normalized spacial score (nSPS) is 25.8. The summed E-state index contributed by atoms with van der Waals surface area (Å²) in [5.74, 6) is -0.455. The first-order valence-corrected chi connectivity index (χ1v) is 12.6. The van der Waals surface area contributed by atoms with Crippen molar-refractivity contribution in [2.45, 2.75) is 64.5 Å². The molecule has 1 fully saturated rings. The van der Waals surface area contributed by atoms with E-state index in [1.54, 1.807) is 0 Å². The summed E-state index contributed by atoms with van der Waals surface area (Å²) >= 11 is 0. The molecule has 0 bridgehead atoms. The molecule has 3 atom stereocenters. The molecular formula is C31H35NO2. The van der Waals surface area contributed by atoms with Gasteiger partial charge in [0, 0.05) is 18.8 Å². The van der Waals surface area contributed by atoms with E-state index in [2.05, 4.69) is 90.7 Å². The van der Waals surface area contributed by atoms with Crippen LogP contribution in [0.1, 0.15) is 61.8 Å². The third kappa shape index (κ3) is 4.02. The second-order valence-corrected chi connectivity index (χ2v) is 10.8. The smallest absolute Gasteiger partial charge is 0.309 e. The third-order valence-electron chi connectivity index (χ3n) is 8.63. The summed E-state index contributed by atoms with van der Waals surface area (Å²) in [6.07, 6.45) is 4.75. The summed E-state index contributed by atoms with van der Waals surface area (Å²) in [4.78, 5) is 14.8. The van der Waals surface area contributed by atoms with E-state index in [-0.39, 0.29) is 11.3 Å². The minimum absolute atomic E-state index is 0.0971. The van der Waals surface area contributed by atoms with Gasteiger partial charge in [0.1, 0.15) is 0 Å². The van der Waals surface area contributed by atoms with Crippen LogP contribution in [0.4, 0.5) is 5.69 Å². The van der Waals surface area contributed by atoms with Crippen LogP contribution in [0.5, 0.6) is 0 Å². The van der Waals surface area contributed by atoms with Crippen LogP contribution in [0.3, 0.4) is 0 Å². The molecule has 3 heteroatoms. The molecule has 3 aromatic rings. The number of hydrogen-bond donors (Lipinski definition) is 1. The van der Waals surface area contributed by atoms with Gasteiger partial charge in [-0.1, -0.05) is 80.1 Å². The quantitative estimate of drug-likeness (QED) is 0.437. The fourth-order valence-corrected chi connectivity index (χ4v) is 6.75. The number of carboxylic acid groups (broad SMARTS) is 1. The first-order valence-electron chi connectivity index (χ1n) is 12.6. The van der Waals surface area contributed by atoms with Crippen LogP contribution in [0.15, 0.2) is 78.9 Å². The van der Waals surface area contributed by atoms with Gasteiger partial charge in [0.05, 0.1) is 5.41 Å². The average Bonchev–Trinajstić information content (AvgIpc) is 2.84. The predicted octanol–water partition coefficient (Wildman–Crippen LogP) is 6.99. The van der Waals surface area contributed by atoms with E-state index in [9.17, 15) is 9.90 Å². The predicted molar refractivity (Wildman–Crippen MR) is 138 cm³/mol. The van der Waals surface area contributed by atoms with Gasteiger partial charge in [-0.05, 0) is 78.3 Å². The van der Waals surface area contributed by atoms with E-state index in [4.69, 9.17) is 0 Å². The Labute approximate surface area is 203 Å². The van der Waals surface area contributed by atoms with Gasteiger partial charge < -0.3 is 10.0 Å².